The van der Waals surface area contributed by atoms with E-state index >= 15 is 0 Å². The number of morpholine rings is 1. The highest BCUT2D eigenvalue weighted by Crippen LogP contribution is 2.35. The molecule has 35 heavy (non-hydrogen) atoms. The predicted octanol–water partition coefficient (Wildman–Crippen LogP) is 4.81. The second-order valence-electron chi connectivity index (χ2n) is 8.38. The number of halogens is 1. The molecule has 0 radical (unpaired) electrons. The summed E-state index contributed by atoms with van der Waals surface area (Å²) in [6.07, 6.45) is 3.27. The Morgan fingerprint density at radius 3 is 2.63 bits per heavy atom. The summed E-state index contributed by atoms with van der Waals surface area (Å²) < 4.78 is 17.2. The van der Waals surface area contributed by atoms with Gasteiger partial charge in [-0.2, -0.15) is 5.26 Å². The maximum Gasteiger partial charge on any atom is 0.227 e. The number of rotatable bonds is 6. The summed E-state index contributed by atoms with van der Waals surface area (Å²) in [7, 11) is 0. The number of para-hydroxylation sites is 1. The van der Waals surface area contributed by atoms with Gasteiger partial charge < -0.3 is 24.4 Å². The van der Waals surface area contributed by atoms with E-state index in [-0.39, 0.29) is 6.10 Å². The third-order valence-corrected chi connectivity index (χ3v) is 6.38. The Balaban J connectivity index is 1.39. The summed E-state index contributed by atoms with van der Waals surface area (Å²) in [6.45, 7) is 4.34. The molecule has 2 aromatic carbocycles. The number of aromatic nitrogens is 2. The summed E-state index contributed by atoms with van der Waals surface area (Å²) in [6, 6.07) is 15.4. The Morgan fingerprint density at radius 2 is 1.86 bits per heavy atom. The number of ether oxygens (including phenoxy) is 3. The summed E-state index contributed by atoms with van der Waals surface area (Å²) in [5.41, 5.74) is 3.67. The first-order valence-electron chi connectivity index (χ1n) is 11.7. The summed E-state index contributed by atoms with van der Waals surface area (Å²) in [5.74, 6) is 0.974. The molecule has 0 spiro atoms. The first-order valence-corrected chi connectivity index (χ1v) is 12.1. The Morgan fingerprint density at radius 1 is 1.06 bits per heavy atom. The van der Waals surface area contributed by atoms with Gasteiger partial charge in [0, 0.05) is 43.4 Å². The van der Waals surface area contributed by atoms with Gasteiger partial charge in [0.2, 0.25) is 5.95 Å². The number of nitrogens with one attached hydrogen (secondary N) is 1. The van der Waals surface area contributed by atoms with Crippen LogP contribution in [0.15, 0.2) is 48.7 Å². The van der Waals surface area contributed by atoms with E-state index in [0.29, 0.717) is 54.4 Å². The molecule has 8 nitrogen and oxygen atoms in total. The van der Waals surface area contributed by atoms with Gasteiger partial charge in [-0.25, -0.2) is 9.97 Å². The molecular weight excluding hydrogens is 466 g/mol. The fourth-order valence-corrected chi connectivity index (χ4v) is 4.56. The lowest BCUT2D eigenvalue weighted by Crippen LogP contribution is -2.36. The third kappa shape index (κ3) is 5.49. The maximum absolute atomic E-state index is 9.69. The fraction of sp³-hybridized carbons (Fsp3) is 0.346. The number of nitrogens with zero attached hydrogens (tertiary/aromatic N) is 4. The highest BCUT2D eigenvalue weighted by atomic mass is 35.5. The van der Waals surface area contributed by atoms with Crippen molar-refractivity contribution in [2.24, 2.45) is 0 Å². The van der Waals surface area contributed by atoms with E-state index in [1.807, 2.05) is 36.4 Å². The molecule has 0 bridgehead atoms. The number of hydrogen-bond donors (Lipinski definition) is 1. The smallest absolute Gasteiger partial charge is 0.227 e. The molecule has 1 N–H and O–H groups in total. The number of benzene rings is 2. The Kier molecular flexibility index (Phi) is 7.28. The van der Waals surface area contributed by atoms with E-state index in [4.69, 9.17) is 30.8 Å². The molecular formula is C26H26ClN5O3. The zero-order valence-corrected chi connectivity index (χ0v) is 20.0. The summed E-state index contributed by atoms with van der Waals surface area (Å²) >= 11 is 6.58. The maximum atomic E-state index is 9.69. The molecule has 2 saturated heterocycles. The van der Waals surface area contributed by atoms with Gasteiger partial charge >= 0.3 is 0 Å². The standard InChI is InChI=1S/C26H26ClN5O3/c27-22-16-19(4-5-24(22)32-10-14-34-15-11-32)30-26-29-9-6-23(31-26)21-3-1-2-18(17-28)25(21)35-20-7-12-33-13-8-20/h1-6,9,16,20H,7-8,10-15H2,(H,29,30,31). The monoisotopic (exact) mass is 491 g/mol. The minimum atomic E-state index is 0.00329. The van der Waals surface area contributed by atoms with Crippen LogP contribution in [0, 0.1) is 11.3 Å². The van der Waals surface area contributed by atoms with Crippen molar-refractivity contribution in [2.75, 3.05) is 49.7 Å². The van der Waals surface area contributed by atoms with Crippen LogP contribution in [-0.4, -0.2) is 55.6 Å². The van der Waals surface area contributed by atoms with Crippen LogP contribution in [0.25, 0.3) is 11.3 Å². The molecule has 3 heterocycles. The lowest BCUT2D eigenvalue weighted by Gasteiger charge is -2.29. The fourth-order valence-electron chi connectivity index (χ4n) is 4.26. The van der Waals surface area contributed by atoms with Crippen molar-refractivity contribution in [3.05, 3.63) is 59.2 Å². The lowest BCUT2D eigenvalue weighted by molar-refractivity contribution is 0.0257. The van der Waals surface area contributed by atoms with E-state index < -0.39 is 0 Å². The van der Waals surface area contributed by atoms with Crippen molar-refractivity contribution in [3.63, 3.8) is 0 Å². The minimum absolute atomic E-state index is 0.00329. The normalized spacial score (nSPS) is 16.5. The van der Waals surface area contributed by atoms with Gasteiger partial charge in [-0.3, -0.25) is 0 Å². The van der Waals surface area contributed by atoms with Gasteiger partial charge in [-0.05, 0) is 36.4 Å². The Bertz CT molecular complexity index is 1220. The van der Waals surface area contributed by atoms with E-state index in [2.05, 4.69) is 21.3 Å². The number of hydrogen-bond acceptors (Lipinski definition) is 8. The van der Waals surface area contributed by atoms with Gasteiger partial charge in [-0.15, -0.1) is 0 Å². The average molecular weight is 492 g/mol. The topological polar surface area (TPSA) is 92.5 Å². The van der Waals surface area contributed by atoms with Gasteiger partial charge in [0.15, 0.2) is 0 Å². The van der Waals surface area contributed by atoms with Crippen LogP contribution in [0.4, 0.5) is 17.3 Å². The molecule has 3 aromatic rings. The predicted molar refractivity (Wildman–Crippen MR) is 134 cm³/mol. The molecule has 0 saturated carbocycles. The van der Waals surface area contributed by atoms with Crippen LogP contribution in [-0.2, 0) is 9.47 Å². The van der Waals surface area contributed by atoms with Crippen molar-refractivity contribution in [1.29, 1.82) is 5.26 Å². The SMILES string of the molecule is N#Cc1cccc(-c2ccnc(Nc3ccc(N4CCOCC4)c(Cl)c3)n2)c1OC1CCOCC1. The Hall–Kier alpha value is -3.38. The zero-order valence-electron chi connectivity index (χ0n) is 19.2. The molecule has 0 atom stereocenters. The molecule has 2 fully saturated rings. The van der Waals surface area contributed by atoms with Crippen molar-refractivity contribution in [1.82, 2.24) is 9.97 Å². The molecule has 0 aliphatic carbocycles. The van der Waals surface area contributed by atoms with E-state index in [1.54, 1.807) is 12.3 Å². The van der Waals surface area contributed by atoms with E-state index in [0.717, 1.165) is 42.9 Å². The lowest BCUT2D eigenvalue weighted by atomic mass is 10.1. The Labute approximate surface area is 209 Å². The first kappa shape index (κ1) is 23.4. The van der Waals surface area contributed by atoms with E-state index in [1.165, 1.54) is 0 Å². The largest absolute Gasteiger partial charge is 0.488 e. The molecule has 1 aromatic heterocycles. The zero-order chi connectivity index (χ0) is 24.0. The van der Waals surface area contributed by atoms with Crippen molar-refractivity contribution in [2.45, 2.75) is 18.9 Å². The molecule has 2 aliphatic rings. The molecule has 2 aliphatic heterocycles. The molecule has 5 rings (SSSR count). The van der Waals surface area contributed by atoms with Crippen LogP contribution >= 0.6 is 11.6 Å². The van der Waals surface area contributed by atoms with Gasteiger partial charge in [0.05, 0.1) is 48.4 Å². The quantitative estimate of drug-likeness (QED) is 0.525. The van der Waals surface area contributed by atoms with Crippen LogP contribution in [0.3, 0.4) is 0 Å². The van der Waals surface area contributed by atoms with E-state index in [9.17, 15) is 5.26 Å². The van der Waals surface area contributed by atoms with Gasteiger partial charge in [-0.1, -0.05) is 17.7 Å². The van der Waals surface area contributed by atoms with Gasteiger partial charge in [0.1, 0.15) is 17.9 Å². The van der Waals surface area contributed by atoms with Crippen LogP contribution in [0.2, 0.25) is 5.02 Å². The number of nitriles is 1. The molecule has 0 unspecified atom stereocenters. The average Bonchev–Trinajstić information content (AvgIpc) is 2.90. The number of anilines is 3. The summed E-state index contributed by atoms with van der Waals surface area (Å²) in [5, 5.41) is 13.6. The van der Waals surface area contributed by atoms with Crippen LogP contribution in [0.1, 0.15) is 18.4 Å². The summed E-state index contributed by atoms with van der Waals surface area (Å²) in [4.78, 5) is 11.3. The van der Waals surface area contributed by atoms with Crippen molar-refractivity contribution < 1.29 is 14.2 Å². The highest BCUT2D eigenvalue weighted by molar-refractivity contribution is 6.33. The highest BCUT2D eigenvalue weighted by Gasteiger charge is 2.21. The molecule has 0 amide bonds. The van der Waals surface area contributed by atoms with Crippen LogP contribution < -0.4 is 15.0 Å². The van der Waals surface area contributed by atoms with Gasteiger partial charge in [0.25, 0.3) is 0 Å². The second kappa shape index (κ2) is 10.9. The second-order valence-corrected chi connectivity index (χ2v) is 8.79. The minimum Gasteiger partial charge on any atom is -0.488 e. The molecule has 9 heteroatoms. The van der Waals surface area contributed by atoms with Crippen molar-refractivity contribution >= 4 is 28.9 Å². The molecule has 180 valence electrons. The van der Waals surface area contributed by atoms with Crippen LogP contribution in [0.5, 0.6) is 5.75 Å². The van der Waals surface area contributed by atoms with Crippen molar-refractivity contribution in [3.8, 4) is 23.1 Å². The third-order valence-electron chi connectivity index (χ3n) is 6.08. The first-order chi connectivity index (χ1) is 17.2.